The van der Waals surface area contributed by atoms with Gasteiger partial charge in [0.1, 0.15) is 0 Å². The van der Waals surface area contributed by atoms with E-state index in [9.17, 15) is 0 Å². The average Bonchev–Trinajstić information content (AvgIpc) is 3.92. The minimum absolute atomic E-state index is 0.286. The summed E-state index contributed by atoms with van der Waals surface area (Å²) in [6.45, 7) is 0. The molecule has 0 saturated heterocycles. The number of hydrogen-bond acceptors (Lipinski definition) is 0. The van der Waals surface area contributed by atoms with E-state index in [-0.39, 0.29) is 5.92 Å². The Hall–Kier alpha value is -7.36. The normalized spacial score (nSPS) is 14.5. The Morgan fingerprint density at radius 2 is 0.930 bits per heavy atom. The Bertz CT molecular complexity index is 3390. The zero-order valence-corrected chi connectivity index (χ0v) is 31.3. The van der Waals surface area contributed by atoms with E-state index in [0.717, 1.165) is 17.8 Å². The van der Waals surface area contributed by atoms with Crippen LogP contribution in [0.4, 0.5) is 0 Å². The fourth-order valence-electron chi connectivity index (χ4n) is 9.64. The second-order valence-corrected chi connectivity index (χ2v) is 15.3. The van der Waals surface area contributed by atoms with Gasteiger partial charge in [0.25, 0.3) is 0 Å². The van der Waals surface area contributed by atoms with Crippen molar-refractivity contribution in [1.82, 2.24) is 13.7 Å². The van der Waals surface area contributed by atoms with E-state index in [1.54, 1.807) is 0 Å². The molecular weight excluding hydrogens is 691 g/mol. The highest BCUT2D eigenvalue weighted by atomic mass is 15.1. The van der Waals surface area contributed by atoms with Gasteiger partial charge in [-0.25, -0.2) is 0 Å². The van der Waals surface area contributed by atoms with E-state index in [2.05, 4.69) is 220 Å². The summed E-state index contributed by atoms with van der Waals surface area (Å²) in [5, 5.41) is 7.50. The van der Waals surface area contributed by atoms with Crippen molar-refractivity contribution in [1.29, 1.82) is 0 Å². The Balaban J connectivity index is 1.11. The fourth-order valence-corrected chi connectivity index (χ4v) is 9.64. The molecule has 0 radical (unpaired) electrons. The van der Waals surface area contributed by atoms with Gasteiger partial charge in [-0.15, -0.1) is 0 Å². The monoisotopic (exact) mass is 727 g/mol. The zero-order chi connectivity index (χ0) is 37.5. The van der Waals surface area contributed by atoms with Crippen LogP contribution < -0.4 is 0 Å². The van der Waals surface area contributed by atoms with Crippen molar-refractivity contribution < 1.29 is 0 Å². The largest absolute Gasteiger partial charge is 0.309 e. The maximum Gasteiger partial charge on any atom is 0.0782 e. The van der Waals surface area contributed by atoms with E-state index in [0.29, 0.717) is 0 Å². The van der Waals surface area contributed by atoms with Crippen LogP contribution in [0.3, 0.4) is 0 Å². The van der Waals surface area contributed by atoms with Gasteiger partial charge >= 0.3 is 0 Å². The summed E-state index contributed by atoms with van der Waals surface area (Å²) < 4.78 is 7.43. The summed E-state index contributed by atoms with van der Waals surface area (Å²) in [5.74, 6) is 0.286. The van der Waals surface area contributed by atoms with Crippen LogP contribution >= 0.6 is 0 Å². The molecule has 0 fully saturated rings. The van der Waals surface area contributed by atoms with Crippen molar-refractivity contribution >= 4 is 71.0 Å². The van der Waals surface area contributed by atoms with Gasteiger partial charge in [-0.1, -0.05) is 152 Å². The molecule has 0 aliphatic heterocycles. The lowest BCUT2D eigenvalue weighted by atomic mass is 9.87. The Kier molecular flexibility index (Phi) is 7.05. The number of para-hydroxylation sites is 5. The number of benzene rings is 8. The van der Waals surface area contributed by atoms with Crippen LogP contribution in [0.5, 0.6) is 0 Å². The third-order valence-corrected chi connectivity index (χ3v) is 12.1. The van der Waals surface area contributed by atoms with Crippen LogP contribution in [0.25, 0.3) is 88.1 Å². The number of allylic oxidation sites excluding steroid dienone is 4. The fraction of sp³-hybridized carbons (Fsp3) is 0.0370. The summed E-state index contributed by atoms with van der Waals surface area (Å²) in [5.41, 5.74) is 14.5. The van der Waals surface area contributed by atoms with Crippen LogP contribution in [0.2, 0.25) is 0 Å². The summed E-state index contributed by atoms with van der Waals surface area (Å²) in [4.78, 5) is 0. The van der Waals surface area contributed by atoms with Gasteiger partial charge in [0.05, 0.1) is 38.8 Å². The third-order valence-electron chi connectivity index (χ3n) is 12.1. The topological polar surface area (TPSA) is 14.8 Å². The van der Waals surface area contributed by atoms with E-state index >= 15 is 0 Å². The van der Waals surface area contributed by atoms with Crippen LogP contribution in [0, 0.1) is 0 Å². The number of nitrogens with zero attached hydrogens (tertiary/aromatic N) is 3. The molecule has 1 aliphatic rings. The maximum absolute atomic E-state index is 2.50. The number of hydrogen-bond donors (Lipinski definition) is 0. The van der Waals surface area contributed by atoms with Crippen LogP contribution in [-0.4, -0.2) is 13.7 Å². The molecular formula is C54H37N3. The first kappa shape index (κ1) is 31.9. The molecule has 0 spiro atoms. The number of rotatable bonds is 5. The molecule has 3 aromatic heterocycles. The Morgan fingerprint density at radius 1 is 0.386 bits per heavy atom. The lowest BCUT2D eigenvalue weighted by Gasteiger charge is -2.19. The molecule has 268 valence electrons. The smallest absolute Gasteiger partial charge is 0.0782 e. The molecule has 1 unspecified atom stereocenters. The summed E-state index contributed by atoms with van der Waals surface area (Å²) in [6.07, 6.45) is 8.02. The predicted molar refractivity (Wildman–Crippen MR) is 240 cm³/mol. The Labute approximate surface area is 330 Å². The van der Waals surface area contributed by atoms with Crippen molar-refractivity contribution in [2.24, 2.45) is 0 Å². The standard InChI is InChI=1S/C54H37N3/c1-2-15-36(16-3-1)37-17-12-18-38(33-37)39-19-13-20-40(34-39)56-50-28-10-7-24-45(50)47-25-14-30-52(54(47)56)57-51-29-11-6-23-44(51)46-32-31-41(35-53(46)57)55-48-26-8-4-21-42(48)43-22-5-9-27-49(43)55/h1-17,19-35,38H,18H2. The van der Waals surface area contributed by atoms with Crippen molar-refractivity contribution in [2.45, 2.75) is 12.3 Å². The molecule has 1 aliphatic carbocycles. The average molecular weight is 728 g/mol. The second kappa shape index (κ2) is 12.6. The van der Waals surface area contributed by atoms with Crippen molar-refractivity contribution in [3.05, 3.63) is 217 Å². The lowest BCUT2D eigenvalue weighted by Crippen LogP contribution is -2.03. The van der Waals surface area contributed by atoms with E-state index < -0.39 is 0 Å². The molecule has 11 aromatic rings. The van der Waals surface area contributed by atoms with Gasteiger partial charge in [0.2, 0.25) is 0 Å². The van der Waals surface area contributed by atoms with Gasteiger partial charge in [0.15, 0.2) is 0 Å². The van der Waals surface area contributed by atoms with Crippen LogP contribution in [-0.2, 0) is 0 Å². The van der Waals surface area contributed by atoms with Gasteiger partial charge in [0, 0.05) is 49.6 Å². The quantitative estimate of drug-likeness (QED) is 0.168. The SMILES string of the molecule is C1=CC(c2ccccc2)=CC(c2cccc(-n3c4ccccc4c4cccc(-n5c6ccccc6c6ccc(-n7c8ccccc8c8ccccc87)cc65)c43)c2)C1. The van der Waals surface area contributed by atoms with Crippen molar-refractivity contribution in [3.63, 3.8) is 0 Å². The first-order valence-electron chi connectivity index (χ1n) is 19.9. The van der Waals surface area contributed by atoms with Crippen LogP contribution in [0.1, 0.15) is 23.5 Å². The molecule has 8 aromatic carbocycles. The summed E-state index contributed by atoms with van der Waals surface area (Å²) in [6, 6.07) is 69.1. The highest BCUT2D eigenvalue weighted by molar-refractivity contribution is 6.16. The molecule has 3 heterocycles. The van der Waals surface area contributed by atoms with Gasteiger partial charge < -0.3 is 13.7 Å². The molecule has 3 heteroatoms. The van der Waals surface area contributed by atoms with E-state index in [1.165, 1.54) is 87.8 Å². The minimum atomic E-state index is 0.286. The number of fused-ring (bicyclic) bond motifs is 9. The molecule has 0 amide bonds. The first-order chi connectivity index (χ1) is 28.3. The molecule has 12 rings (SSSR count). The highest BCUT2D eigenvalue weighted by Gasteiger charge is 2.22. The molecule has 1 atom stereocenters. The molecule has 0 N–H and O–H groups in total. The predicted octanol–water partition coefficient (Wildman–Crippen LogP) is 14.1. The summed E-state index contributed by atoms with van der Waals surface area (Å²) >= 11 is 0. The molecule has 0 bridgehead atoms. The molecule has 0 saturated carbocycles. The Morgan fingerprint density at radius 3 is 1.63 bits per heavy atom. The van der Waals surface area contributed by atoms with E-state index in [1.807, 2.05) is 0 Å². The highest BCUT2D eigenvalue weighted by Crippen LogP contribution is 2.42. The third kappa shape index (κ3) is 4.85. The van der Waals surface area contributed by atoms with Crippen molar-refractivity contribution in [2.75, 3.05) is 0 Å². The lowest BCUT2D eigenvalue weighted by molar-refractivity contribution is 0.855. The number of aromatic nitrogens is 3. The van der Waals surface area contributed by atoms with Gasteiger partial charge in [-0.2, -0.15) is 0 Å². The van der Waals surface area contributed by atoms with Gasteiger partial charge in [-0.3, -0.25) is 0 Å². The molecule has 57 heavy (non-hydrogen) atoms. The van der Waals surface area contributed by atoms with Crippen LogP contribution in [0.15, 0.2) is 206 Å². The maximum atomic E-state index is 2.50. The zero-order valence-electron chi connectivity index (χ0n) is 31.3. The van der Waals surface area contributed by atoms with Crippen molar-refractivity contribution in [3.8, 4) is 17.1 Å². The first-order valence-corrected chi connectivity index (χ1v) is 19.9. The summed E-state index contributed by atoms with van der Waals surface area (Å²) in [7, 11) is 0. The second-order valence-electron chi connectivity index (χ2n) is 15.3. The molecule has 3 nitrogen and oxygen atoms in total. The minimum Gasteiger partial charge on any atom is -0.309 e. The van der Waals surface area contributed by atoms with Gasteiger partial charge in [-0.05, 0) is 77.7 Å². The van der Waals surface area contributed by atoms with E-state index in [4.69, 9.17) is 0 Å².